The molecule has 0 aromatic heterocycles. The summed E-state index contributed by atoms with van der Waals surface area (Å²) >= 11 is 0. The van der Waals surface area contributed by atoms with Crippen LogP contribution in [-0.4, -0.2) is 34.0 Å². The number of aliphatic hydroxyl groups excluding tert-OH is 1. The molecule has 2 N–H and O–H groups in total. The van der Waals surface area contributed by atoms with Crippen LogP contribution in [0.2, 0.25) is 0 Å². The third kappa shape index (κ3) is 2.07. The van der Waals surface area contributed by atoms with Gasteiger partial charge in [0.2, 0.25) is 0 Å². The lowest BCUT2D eigenvalue weighted by molar-refractivity contribution is -0.158. The Morgan fingerprint density at radius 3 is 2.64 bits per heavy atom. The van der Waals surface area contributed by atoms with Gasteiger partial charge in [0.25, 0.3) is 0 Å². The third-order valence-electron chi connectivity index (χ3n) is 8.32. The van der Waals surface area contributed by atoms with Crippen molar-refractivity contribution >= 4 is 12.1 Å². The van der Waals surface area contributed by atoms with Crippen molar-refractivity contribution < 1.29 is 19.8 Å². The van der Waals surface area contributed by atoms with Crippen molar-refractivity contribution in [2.45, 2.75) is 64.6 Å². The van der Waals surface area contributed by atoms with Gasteiger partial charge in [-0.05, 0) is 56.9 Å². The fourth-order valence-corrected chi connectivity index (χ4v) is 6.77. The van der Waals surface area contributed by atoms with E-state index in [9.17, 15) is 19.8 Å². The molecule has 0 radical (unpaired) electrons. The summed E-state index contributed by atoms with van der Waals surface area (Å²) in [6.45, 7) is 6.12. The lowest BCUT2D eigenvalue weighted by Gasteiger charge is -2.59. The second-order valence-corrected chi connectivity index (χ2v) is 9.37. The zero-order valence-corrected chi connectivity index (χ0v) is 15.3. The maximum absolute atomic E-state index is 12.1. The van der Waals surface area contributed by atoms with E-state index in [-0.39, 0.29) is 22.7 Å². The van der Waals surface area contributed by atoms with E-state index in [0.717, 1.165) is 31.3 Å². The number of allylic oxidation sites excluding steroid dienone is 4. The molecule has 4 nitrogen and oxygen atoms in total. The normalized spacial score (nSPS) is 51.8. The fourth-order valence-electron chi connectivity index (χ4n) is 6.77. The van der Waals surface area contributed by atoms with Crippen LogP contribution in [-0.2, 0) is 9.59 Å². The molecule has 0 aromatic carbocycles. The SMILES string of the molecule is C[C@]12C=C(C=O)C(=O)C=C1CC[C@@H]1[C@@H]2[C@H](O)C[C@@]2(C)[C@H]1CC[C@]2(C)O. The monoisotopic (exact) mass is 344 g/mol. The Bertz CT molecular complexity index is 703. The number of carbonyl (C=O) groups excluding carboxylic acids is 2. The van der Waals surface area contributed by atoms with Crippen LogP contribution in [0.5, 0.6) is 0 Å². The van der Waals surface area contributed by atoms with Crippen LogP contribution >= 0.6 is 0 Å². The van der Waals surface area contributed by atoms with Crippen molar-refractivity contribution in [3.05, 3.63) is 23.3 Å². The highest BCUT2D eigenvalue weighted by Crippen LogP contribution is 2.66. The first kappa shape index (κ1) is 17.2. The molecule has 25 heavy (non-hydrogen) atoms. The maximum Gasteiger partial charge on any atom is 0.188 e. The number of hydrogen-bond acceptors (Lipinski definition) is 4. The minimum absolute atomic E-state index is 0.00234. The summed E-state index contributed by atoms with van der Waals surface area (Å²) in [6, 6.07) is 0. The number of hydrogen-bond donors (Lipinski definition) is 2. The quantitative estimate of drug-likeness (QED) is 0.566. The molecule has 0 aromatic rings. The highest BCUT2D eigenvalue weighted by atomic mass is 16.3. The van der Waals surface area contributed by atoms with Gasteiger partial charge in [0.1, 0.15) is 0 Å². The van der Waals surface area contributed by atoms with Crippen molar-refractivity contribution in [3.8, 4) is 0 Å². The van der Waals surface area contributed by atoms with Gasteiger partial charge in [0.05, 0.1) is 17.3 Å². The van der Waals surface area contributed by atoms with Crippen molar-refractivity contribution in [3.63, 3.8) is 0 Å². The zero-order valence-electron chi connectivity index (χ0n) is 15.3. The smallest absolute Gasteiger partial charge is 0.188 e. The first-order valence-corrected chi connectivity index (χ1v) is 9.48. The Balaban J connectivity index is 1.79. The number of rotatable bonds is 1. The summed E-state index contributed by atoms with van der Waals surface area (Å²) in [6.07, 6.45) is 7.65. The Morgan fingerprint density at radius 2 is 1.96 bits per heavy atom. The van der Waals surface area contributed by atoms with Gasteiger partial charge in [-0.25, -0.2) is 0 Å². The van der Waals surface area contributed by atoms with Crippen molar-refractivity contribution in [2.75, 3.05) is 0 Å². The van der Waals surface area contributed by atoms with Crippen LogP contribution in [0.25, 0.3) is 0 Å². The van der Waals surface area contributed by atoms with Crippen LogP contribution in [0.3, 0.4) is 0 Å². The largest absolute Gasteiger partial charge is 0.393 e. The highest BCUT2D eigenvalue weighted by molar-refractivity contribution is 6.18. The van der Waals surface area contributed by atoms with Gasteiger partial charge in [0, 0.05) is 16.7 Å². The molecule has 0 bridgehead atoms. The standard InChI is InChI=1S/C21H28O4/c1-19-9-12(11-22)16(23)8-13(19)4-5-14-15-6-7-21(3,25)20(15,2)10-17(24)18(14)19/h8-9,11,14-15,17-18,24-25H,4-7,10H2,1-3H3/t14-,15-,17+,18+,19-,20-,21-/m0/s1. The predicted octanol–water partition coefficient (Wildman–Crippen LogP) is 2.59. The lowest BCUT2D eigenvalue weighted by Crippen LogP contribution is -2.58. The molecule has 0 spiro atoms. The second-order valence-electron chi connectivity index (χ2n) is 9.37. The number of aliphatic hydroxyl groups is 2. The molecule has 0 amide bonds. The van der Waals surface area contributed by atoms with E-state index >= 15 is 0 Å². The molecular weight excluding hydrogens is 316 g/mol. The maximum atomic E-state index is 12.1. The summed E-state index contributed by atoms with van der Waals surface area (Å²) in [5.41, 5.74) is -0.190. The van der Waals surface area contributed by atoms with E-state index in [1.54, 1.807) is 6.08 Å². The Hall–Kier alpha value is -1.26. The second kappa shape index (κ2) is 5.14. The predicted molar refractivity (Wildman–Crippen MR) is 93.6 cm³/mol. The van der Waals surface area contributed by atoms with Crippen LogP contribution in [0, 0.1) is 28.6 Å². The van der Waals surface area contributed by atoms with Crippen molar-refractivity contribution in [1.29, 1.82) is 0 Å². The van der Waals surface area contributed by atoms with Crippen molar-refractivity contribution in [1.82, 2.24) is 0 Å². The average molecular weight is 344 g/mol. The summed E-state index contributed by atoms with van der Waals surface area (Å²) in [4.78, 5) is 23.4. The first-order chi connectivity index (χ1) is 11.6. The molecule has 0 saturated heterocycles. The van der Waals surface area contributed by atoms with Crippen molar-refractivity contribution in [2.24, 2.45) is 28.6 Å². The van der Waals surface area contributed by atoms with Gasteiger partial charge in [-0.15, -0.1) is 0 Å². The number of aldehydes is 1. The molecule has 7 atom stereocenters. The van der Waals surface area contributed by atoms with E-state index in [1.165, 1.54) is 0 Å². The van der Waals surface area contributed by atoms with E-state index in [2.05, 4.69) is 13.8 Å². The Labute approximate surface area is 149 Å². The van der Waals surface area contributed by atoms with Crippen LogP contribution < -0.4 is 0 Å². The minimum Gasteiger partial charge on any atom is -0.393 e. The molecule has 4 heteroatoms. The van der Waals surface area contributed by atoms with Gasteiger partial charge in [-0.1, -0.05) is 25.5 Å². The molecule has 0 aliphatic heterocycles. The lowest BCUT2D eigenvalue weighted by atomic mass is 9.46. The topological polar surface area (TPSA) is 74.6 Å². The molecule has 4 rings (SSSR count). The van der Waals surface area contributed by atoms with E-state index < -0.39 is 17.1 Å². The summed E-state index contributed by atoms with van der Waals surface area (Å²) in [5.74, 6) is 0.476. The van der Waals surface area contributed by atoms with E-state index in [0.29, 0.717) is 24.5 Å². The first-order valence-electron chi connectivity index (χ1n) is 9.48. The fraction of sp³-hybridized carbons (Fsp3) is 0.714. The van der Waals surface area contributed by atoms with Gasteiger partial charge in [-0.2, -0.15) is 0 Å². The summed E-state index contributed by atoms with van der Waals surface area (Å²) in [5, 5.41) is 22.1. The minimum atomic E-state index is -0.743. The highest BCUT2D eigenvalue weighted by Gasteiger charge is 2.64. The van der Waals surface area contributed by atoms with Crippen LogP contribution in [0.1, 0.15) is 52.9 Å². The molecule has 4 aliphatic carbocycles. The molecule has 136 valence electrons. The van der Waals surface area contributed by atoms with Gasteiger partial charge < -0.3 is 10.2 Å². The van der Waals surface area contributed by atoms with E-state index in [1.807, 2.05) is 13.0 Å². The van der Waals surface area contributed by atoms with Gasteiger partial charge in [-0.3, -0.25) is 9.59 Å². The summed E-state index contributed by atoms with van der Waals surface area (Å²) < 4.78 is 0. The zero-order chi connectivity index (χ0) is 18.2. The number of fused-ring (bicyclic) bond motifs is 5. The molecule has 0 heterocycles. The third-order valence-corrected chi connectivity index (χ3v) is 8.32. The average Bonchev–Trinajstić information content (AvgIpc) is 2.76. The van der Waals surface area contributed by atoms with E-state index in [4.69, 9.17) is 0 Å². The molecule has 3 fully saturated rings. The Kier molecular flexibility index (Phi) is 3.53. The molecule has 4 aliphatic rings. The van der Waals surface area contributed by atoms with Gasteiger partial charge in [0.15, 0.2) is 12.1 Å². The molecule has 0 unspecified atom stereocenters. The molecule has 3 saturated carbocycles. The summed E-state index contributed by atoms with van der Waals surface area (Å²) in [7, 11) is 0. The number of carbonyl (C=O) groups is 2. The number of ketones is 1. The van der Waals surface area contributed by atoms with Crippen LogP contribution in [0.4, 0.5) is 0 Å². The van der Waals surface area contributed by atoms with Crippen LogP contribution in [0.15, 0.2) is 23.3 Å². The Morgan fingerprint density at radius 1 is 1.24 bits per heavy atom. The molecular formula is C21H28O4. The van der Waals surface area contributed by atoms with Gasteiger partial charge >= 0.3 is 0 Å².